The largest absolute Gasteiger partial charge is 0.379 e. The zero-order chi connectivity index (χ0) is 22.7. The summed E-state index contributed by atoms with van der Waals surface area (Å²) in [6.45, 7) is 0.738. The van der Waals surface area contributed by atoms with E-state index in [9.17, 15) is 0 Å². The van der Waals surface area contributed by atoms with Gasteiger partial charge in [0.15, 0.2) is 0 Å². The molecule has 0 spiro atoms. The van der Waals surface area contributed by atoms with Crippen LogP contribution in [0.1, 0.15) is 43.0 Å². The highest BCUT2D eigenvalue weighted by Crippen LogP contribution is 2.36. The van der Waals surface area contributed by atoms with Crippen molar-refractivity contribution in [3.8, 4) is 0 Å². The fraction of sp³-hybridized carbons (Fsp3) is 0.346. The molecule has 1 aliphatic carbocycles. The van der Waals surface area contributed by atoms with Crippen LogP contribution >= 0.6 is 11.8 Å². The van der Waals surface area contributed by atoms with Gasteiger partial charge in [0.2, 0.25) is 0 Å². The van der Waals surface area contributed by atoms with Gasteiger partial charge < -0.3 is 21.3 Å². The number of aromatic nitrogens is 1. The number of hydrogen-bond donors (Lipinski definition) is 6. The third-order valence-electron chi connectivity index (χ3n) is 6.80. The summed E-state index contributed by atoms with van der Waals surface area (Å²) in [6.07, 6.45) is 13.9. The highest BCUT2D eigenvalue weighted by atomic mass is 32.2. The van der Waals surface area contributed by atoms with E-state index in [1.807, 2.05) is 30.1 Å². The average Bonchev–Trinajstić information content (AvgIpc) is 3.57. The molecule has 2 aromatic rings. The molecule has 1 aromatic carbocycles. The standard InChI is InChI=1S/C26H31N7S/c1-2-6-17(7-3-1)21-11-10-19(15-27-21)29-20-14-23-22(28-16-20)12-13-24(30-23)31-26-33-32-25(34-26)18-8-4-5-9-18/h1-3,6-7,10-15,18,21,25-29,32-33H,4-5,8-9,16H2,(H,30,31). The SMILES string of the molecule is C1=CC(c2ccccc2)NC=C1NC1=Cc2nc(NC3NNC(C4CCCC4)S3)ccc2NC1. The predicted octanol–water partition coefficient (Wildman–Crippen LogP) is 4.23. The van der Waals surface area contributed by atoms with Crippen LogP contribution < -0.4 is 32.1 Å². The number of rotatable bonds is 6. The van der Waals surface area contributed by atoms with Crippen molar-refractivity contribution in [3.05, 3.63) is 83.5 Å². The molecule has 2 fully saturated rings. The number of fused-ring (bicyclic) bond motifs is 1. The number of hydrogen-bond acceptors (Lipinski definition) is 8. The molecule has 0 bridgehead atoms. The number of hydrazine groups is 1. The molecule has 7 nitrogen and oxygen atoms in total. The Hall–Kier alpha value is -2.94. The first-order valence-corrected chi connectivity index (χ1v) is 13.1. The molecule has 6 rings (SSSR count). The van der Waals surface area contributed by atoms with Crippen molar-refractivity contribution in [2.45, 2.75) is 42.6 Å². The van der Waals surface area contributed by atoms with E-state index >= 15 is 0 Å². The van der Waals surface area contributed by atoms with E-state index in [0.717, 1.165) is 41.1 Å². The Morgan fingerprint density at radius 2 is 1.88 bits per heavy atom. The Bertz CT molecular complexity index is 1110. The van der Waals surface area contributed by atoms with Gasteiger partial charge in [0.1, 0.15) is 11.3 Å². The van der Waals surface area contributed by atoms with Gasteiger partial charge in [-0.25, -0.2) is 15.8 Å². The van der Waals surface area contributed by atoms with Gasteiger partial charge in [0.05, 0.1) is 35.0 Å². The van der Waals surface area contributed by atoms with Crippen LogP contribution in [0.3, 0.4) is 0 Å². The maximum absolute atomic E-state index is 4.87. The topological polar surface area (TPSA) is 85.1 Å². The summed E-state index contributed by atoms with van der Waals surface area (Å²) in [5.41, 5.74) is 12.4. The van der Waals surface area contributed by atoms with Gasteiger partial charge in [-0.2, -0.15) is 0 Å². The molecular weight excluding hydrogens is 442 g/mol. The van der Waals surface area contributed by atoms with E-state index in [0.29, 0.717) is 5.37 Å². The van der Waals surface area contributed by atoms with E-state index in [1.165, 1.54) is 31.2 Å². The third kappa shape index (κ3) is 4.80. The lowest BCUT2D eigenvalue weighted by Crippen LogP contribution is -2.38. The van der Waals surface area contributed by atoms with Crippen LogP contribution in [0.5, 0.6) is 0 Å². The Labute approximate surface area is 204 Å². The van der Waals surface area contributed by atoms with Crippen molar-refractivity contribution in [2.75, 3.05) is 17.2 Å². The minimum atomic E-state index is 0.121. The van der Waals surface area contributed by atoms with E-state index in [1.54, 1.807) is 0 Å². The maximum Gasteiger partial charge on any atom is 0.141 e. The zero-order valence-electron chi connectivity index (χ0n) is 19.1. The molecule has 176 valence electrons. The lowest BCUT2D eigenvalue weighted by atomic mass is 10.0. The van der Waals surface area contributed by atoms with Crippen molar-refractivity contribution >= 4 is 29.3 Å². The molecule has 1 saturated heterocycles. The first kappa shape index (κ1) is 21.6. The van der Waals surface area contributed by atoms with Gasteiger partial charge >= 0.3 is 0 Å². The van der Waals surface area contributed by atoms with Crippen LogP contribution in [0, 0.1) is 5.92 Å². The Morgan fingerprint density at radius 3 is 2.71 bits per heavy atom. The van der Waals surface area contributed by atoms with Crippen molar-refractivity contribution < 1.29 is 0 Å². The molecule has 0 radical (unpaired) electrons. The Balaban J connectivity index is 1.08. The second-order valence-corrected chi connectivity index (χ2v) is 10.5. The lowest BCUT2D eigenvalue weighted by Gasteiger charge is -2.23. The summed E-state index contributed by atoms with van der Waals surface area (Å²) in [4.78, 5) is 4.87. The van der Waals surface area contributed by atoms with Crippen LogP contribution in [0.25, 0.3) is 6.08 Å². The number of allylic oxidation sites excluding steroid dienone is 1. The van der Waals surface area contributed by atoms with E-state index in [2.05, 4.69) is 80.7 Å². The quantitative estimate of drug-likeness (QED) is 0.372. The van der Waals surface area contributed by atoms with E-state index < -0.39 is 0 Å². The zero-order valence-corrected chi connectivity index (χ0v) is 19.9. The van der Waals surface area contributed by atoms with Gasteiger partial charge in [-0.3, -0.25) is 0 Å². The van der Waals surface area contributed by atoms with Gasteiger partial charge in [-0.05, 0) is 48.6 Å². The van der Waals surface area contributed by atoms with Crippen molar-refractivity contribution in [2.24, 2.45) is 5.92 Å². The summed E-state index contributed by atoms with van der Waals surface area (Å²) >= 11 is 1.92. The molecule has 8 heteroatoms. The highest BCUT2D eigenvalue weighted by Gasteiger charge is 2.32. The summed E-state index contributed by atoms with van der Waals surface area (Å²) in [5, 5.41) is 14.5. The van der Waals surface area contributed by atoms with E-state index in [-0.39, 0.29) is 11.5 Å². The van der Waals surface area contributed by atoms with E-state index in [4.69, 9.17) is 4.98 Å². The summed E-state index contributed by atoms with van der Waals surface area (Å²) in [6, 6.07) is 14.8. The average molecular weight is 474 g/mol. The minimum absolute atomic E-state index is 0.121. The molecule has 6 N–H and O–H groups in total. The number of nitrogens with zero attached hydrogens (tertiary/aromatic N) is 1. The molecule has 3 atom stereocenters. The highest BCUT2D eigenvalue weighted by molar-refractivity contribution is 8.00. The summed E-state index contributed by atoms with van der Waals surface area (Å²) in [5.74, 6) is 1.64. The summed E-state index contributed by atoms with van der Waals surface area (Å²) in [7, 11) is 0. The summed E-state index contributed by atoms with van der Waals surface area (Å²) < 4.78 is 0. The van der Waals surface area contributed by atoms with Crippen LogP contribution in [0.4, 0.5) is 11.5 Å². The molecule has 1 saturated carbocycles. The third-order valence-corrected chi connectivity index (χ3v) is 8.11. The molecular formula is C26H31N7S. The number of dihydropyridines is 1. The number of pyridine rings is 1. The molecule has 3 aliphatic heterocycles. The van der Waals surface area contributed by atoms with Gasteiger partial charge in [0.25, 0.3) is 0 Å². The van der Waals surface area contributed by atoms with Gasteiger partial charge in [0, 0.05) is 11.9 Å². The monoisotopic (exact) mass is 473 g/mol. The minimum Gasteiger partial charge on any atom is -0.379 e. The van der Waals surface area contributed by atoms with Crippen LogP contribution in [-0.4, -0.2) is 22.4 Å². The van der Waals surface area contributed by atoms with Gasteiger partial charge in [-0.1, -0.05) is 61.0 Å². The molecule has 34 heavy (non-hydrogen) atoms. The lowest BCUT2D eigenvalue weighted by molar-refractivity contribution is 0.431. The first-order chi connectivity index (χ1) is 16.8. The van der Waals surface area contributed by atoms with Crippen molar-refractivity contribution in [1.82, 2.24) is 26.5 Å². The second-order valence-electron chi connectivity index (χ2n) is 9.21. The maximum atomic E-state index is 4.87. The number of anilines is 2. The molecule has 1 aromatic heterocycles. The first-order valence-electron chi connectivity index (χ1n) is 12.2. The van der Waals surface area contributed by atoms with Crippen molar-refractivity contribution in [1.29, 1.82) is 0 Å². The Morgan fingerprint density at radius 1 is 1.00 bits per heavy atom. The van der Waals surface area contributed by atoms with Crippen LogP contribution in [0.2, 0.25) is 0 Å². The smallest absolute Gasteiger partial charge is 0.141 e. The normalized spacial score (nSPS) is 26.2. The van der Waals surface area contributed by atoms with Gasteiger partial charge in [-0.15, -0.1) is 0 Å². The predicted molar refractivity (Wildman–Crippen MR) is 140 cm³/mol. The number of thioether (sulfide) groups is 1. The Kier molecular flexibility index (Phi) is 6.18. The molecule has 0 amide bonds. The number of benzene rings is 1. The molecule has 4 aliphatic rings. The second kappa shape index (κ2) is 9.74. The number of nitrogens with one attached hydrogen (secondary N) is 6. The fourth-order valence-corrected chi connectivity index (χ4v) is 6.23. The molecule has 3 unspecified atom stereocenters. The van der Waals surface area contributed by atoms with Crippen LogP contribution in [-0.2, 0) is 0 Å². The van der Waals surface area contributed by atoms with Crippen molar-refractivity contribution in [3.63, 3.8) is 0 Å². The van der Waals surface area contributed by atoms with Crippen LogP contribution in [0.15, 0.2) is 72.2 Å². The molecule has 4 heterocycles. The fourth-order valence-electron chi connectivity index (χ4n) is 4.98.